The number of aromatic nitrogens is 2. The van der Waals surface area contributed by atoms with Gasteiger partial charge < -0.3 is 9.13 Å². The van der Waals surface area contributed by atoms with Crippen molar-refractivity contribution in [2.75, 3.05) is 0 Å². The van der Waals surface area contributed by atoms with Crippen LogP contribution < -0.4 is 5.62 Å². The van der Waals surface area contributed by atoms with Crippen LogP contribution in [0.15, 0.2) is 24.3 Å². The Morgan fingerprint density at radius 1 is 1.07 bits per heavy atom. The van der Waals surface area contributed by atoms with Crippen LogP contribution in [0.4, 0.5) is 0 Å². The van der Waals surface area contributed by atoms with E-state index in [2.05, 4.69) is 36.6 Å². The first kappa shape index (κ1) is 18.9. The molecule has 0 amide bonds. The second-order valence-corrected chi connectivity index (χ2v) is 11.0. The van der Waals surface area contributed by atoms with E-state index in [-0.39, 0.29) is 5.41 Å². The second-order valence-electron chi connectivity index (χ2n) is 11.0. The van der Waals surface area contributed by atoms with E-state index in [1.807, 2.05) is 10.6 Å². The van der Waals surface area contributed by atoms with Crippen LogP contribution in [0.25, 0.3) is 11.0 Å². The third-order valence-corrected chi connectivity index (χ3v) is 10.1. The van der Waals surface area contributed by atoms with E-state index in [9.17, 15) is 4.79 Å². The van der Waals surface area contributed by atoms with Gasteiger partial charge in [-0.2, -0.15) is 0 Å². The number of Topliss-reactive ketones (excluding diaryl/α,β-unsaturated/α-hetero) is 1. The number of fused-ring (bicyclic) bond motifs is 2. The Morgan fingerprint density at radius 2 is 1.70 bits per heavy atom. The van der Waals surface area contributed by atoms with E-state index in [0.717, 1.165) is 54.6 Å². The van der Waals surface area contributed by atoms with Crippen LogP contribution in [0.3, 0.4) is 0 Å². The Hall–Kier alpha value is -1.84. The molecular formula is C26H35N3O. The van der Waals surface area contributed by atoms with Gasteiger partial charge >= 0.3 is 0 Å². The van der Waals surface area contributed by atoms with Gasteiger partial charge in [0.05, 0.1) is 17.6 Å². The molecule has 0 radical (unpaired) electrons. The Morgan fingerprint density at radius 3 is 2.27 bits per heavy atom. The molecule has 2 bridgehead atoms. The SMILES string of the molecule is CCC(CC)CCn1c(=N)n(CC(=O)C23CC4CC5CC(C2)C54C3)c2ccccc21. The van der Waals surface area contributed by atoms with Crippen molar-refractivity contribution >= 4 is 16.8 Å². The minimum Gasteiger partial charge on any atom is -0.310 e. The first-order chi connectivity index (χ1) is 14.5. The van der Waals surface area contributed by atoms with Crippen molar-refractivity contribution in [2.24, 2.45) is 34.5 Å². The van der Waals surface area contributed by atoms with Crippen LogP contribution in [0.5, 0.6) is 0 Å². The monoisotopic (exact) mass is 405 g/mol. The maximum Gasteiger partial charge on any atom is 0.203 e. The molecule has 2 unspecified atom stereocenters. The highest BCUT2D eigenvalue weighted by atomic mass is 16.1. The van der Waals surface area contributed by atoms with Gasteiger partial charge in [-0.25, -0.2) is 0 Å². The van der Waals surface area contributed by atoms with E-state index in [1.165, 1.54) is 32.1 Å². The lowest BCUT2D eigenvalue weighted by Crippen LogP contribution is -2.59. The zero-order valence-electron chi connectivity index (χ0n) is 18.5. The topological polar surface area (TPSA) is 50.8 Å². The number of nitrogens with zero attached hydrogens (tertiary/aromatic N) is 2. The summed E-state index contributed by atoms with van der Waals surface area (Å²) in [4.78, 5) is 13.7. The molecule has 1 aromatic heterocycles. The summed E-state index contributed by atoms with van der Waals surface area (Å²) >= 11 is 0. The van der Waals surface area contributed by atoms with Crippen LogP contribution in [-0.2, 0) is 17.9 Å². The van der Waals surface area contributed by atoms with Crippen LogP contribution in [0, 0.1) is 39.9 Å². The second kappa shape index (κ2) is 6.34. The Labute approximate surface area is 179 Å². The first-order valence-electron chi connectivity index (χ1n) is 12.3. The average molecular weight is 406 g/mol. The molecule has 2 atom stereocenters. The molecule has 1 aromatic carbocycles. The first-order valence-corrected chi connectivity index (χ1v) is 12.3. The van der Waals surface area contributed by atoms with Crippen LogP contribution in [0.2, 0.25) is 0 Å². The average Bonchev–Trinajstić information content (AvgIpc) is 3.32. The molecule has 1 spiro atoms. The molecule has 6 rings (SSSR count). The Kier molecular flexibility index (Phi) is 3.99. The third-order valence-electron chi connectivity index (χ3n) is 10.1. The molecule has 4 fully saturated rings. The Balaban J connectivity index is 1.30. The molecule has 0 saturated heterocycles. The molecule has 4 aliphatic carbocycles. The fourth-order valence-corrected chi connectivity index (χ4v) is 8.40. The molecule has 1 heterocycles. The number of aryl methyl sites for hydroxylation is 1. The number of carbonyl (C=O) groups is 1. The summed E-state index contributed by atoms with van der Waals surface area (Å²) in [5.74, 6) is 3.73. The lowest BCUT2D eigenvalue weighted by Gasteiger charge is -2.66. The van der Waals surface area contributed by atoms with Crippen molar-refractivity contribution in [1.82, 2.24) is 9.13 Å². The van der Waals surface area contributed by atoms with Gasteiger partial charge in [0.2, 0.25) is 5.62 Å². The summed E-state index contributed by atoms with van der Waals surface area (Å²) in [5.41, 5.74) is 3.17. The highest BCUT2D eigenvalue weighted by molar-refractivity contribution is 5.88. The molecule has 4 aliphatic rings. The van der Waals surface area contributed by atoms with Crippen molar-refractivity contribution in [3.05, 3.63) is 29.9 Å². The van der Waals surface area contributed by atoms with E-state index >= 15 is 0 Å². The predicted molar refractivity (Wildman–Crippen MR) is 118 cm³/mol. The van der Waals surface area contributed by atoms with Crippen molar-refractivity contribution < 1.29 is 4.79 Å². The summed E-state index contributed by atoms with van der Waals surface area (Å²) in [5, 5.41) is 8.94. The number of ketones is 1. The van der Waals surface area contributed by atoms with Gasteiger partial charge in [-0.05, 0) is 79.7 Å². The van der Waals surface area contributed by atoms with Gasteiger partial charge in [0.15, 0.2) is 5.78 Å². The maximum atomic E-state index is 13.7. The predicted octanol–water partition coefficient (Wildman–Crippen LogP) is 5.14. The third kappa shape index (κ3) is 2.23. The van der Waals surface area contributed by atoms with E-state index in [1.54, 1.807) is 0 Å². The Bertz CT molecular complexity index is 1060. The number of hydrogen-bond acceptors (Lipinski definition) is 2. The normalized spacial score (nSPS) is 35.5. The van der Waals surface area contributed by atoms with E-state index < -0.39 is 0 Å². The summed E-state index contributed by atoms with van der Waals surface area (Å²) in [6, 6.07) is 8.32. The van der Waals surface area contributed by atoms with Crippen molar-refractivity contribution in [3.8, 4) is 0 Å². The molecule has 0 aliphatic heterocycles. The molecule has 2 aromatic rings. The smallest absolute Gasteiger partial charge is 0.203 e. The standard InChI is InChI=1S/C26H35N3O/c1-3-17(4-2)9-10-28-21-7-5-6-8-22(21)29(24(28)27)15-23(30)25-13-19-11-18-12-20(14-25)26(18,19)16-25/h5-8,17-20,27H,3-4,9-16H2,1-2H3. The van der Waals surface area contributed by atoms with Crippen molar-refractivity contribution in [2.45, 2.75) is 78.3 Å². The van der Waals surface area contributed by atoms with Crippen molar-refractivity contribution in [3.63, 3.8) is 0 Å². The number of hydrogen-bond donors (Lipinski definition) is 1. The zero-order chi connectivity index (χ0) is 20.7. The molecule has 4 heteroatoms. The van der Waals surface area contributed by atoms with Gasteiger partial charge in [0.25, 0.3) is 0 Å². The minimum absolute atomic E-state index is 0.0707. The van der Waals surface area contributed by atoms with Gasteiger partial charge in [-0.3, -0.25) is 10.2 Å². The quantitative estimate of drug-likeness (QED) is 0.649. The van der Waals surface area contributed by atoms with E-state index in [0.29, 0.717) is 29.3 Å². The number of rotatable bonds is 8. The highest BCUT2D eigenvalue weighted by Crippen LogP contribution is 2.84. The molecule has 160 valence electrons. The van der Waals surface area contributed by atoms with Gasteiger partial charge in [-0.15, -0.1) is 0 Å². The molecule has 4 nitrogen and oxygen atoms in total. The molecular weight excluding hydrogens is 370 g/mol. The maximum absolute atomic E-state index is 13.7. The highest BCUT2D eigenvalue weighted by Gasteiger charge is 2.78. The number of imidazole rings is 1. The summed E-state index contributed by atoms with van der Waals surface area (Å²) < 4.78 is 4.15. The lowest BCUT2D eigenvalue weighted by atomic mass is 9.38. The van der Waals surface area contributed by atoms with Crippen LogP contribution in [0.1, 0.15) is 65.2 Å². The number of benzene rings is 1. The van der Waals surface area contributed by atoms with Crippen LogP contribution in [-0.4, -0.2) is 14.9 Å². The summed E-state index contributed by atoms with van der Waals surface area (Å²) in [6.07, 6.45) is 9.70. The minimum atomic E-state index is -0.0707. The van der Waals surface area contributed by atoms with Gasteiger partial charge in [0, 0.05) is 12.0 Å². The fourth-order valence-electron chi connectivity index (χ4n) is 8.40. The lowest BCUT2D eigenvalue weighted by molar-refractivity contribution is -0.177. The fraction of sp³-hybridized carbons (Fsp3) is 0.692. The van der Waals surface area contributed by atoms with Crippen molar-refractivity contribution in [1.29, 1.82) is 5.41 Å². The zero-order valence-corrected chi connectivity index (χ0v) is 18.5. The number of para-hydroxylation sites is 2. The number of carbonyl (C=O) groups excluding carboxylic acids is 1. The van der Waals surface area contributed by atoms with Gasteiger partial charge in [-0.1, -0.05) is 38.8 Å². The molecule has 1 N–H and O–H groups in total. The summed E-state index contributed by atoms with van der Waals surface area (Å²) in [6.45, 7) is 5.77. The van der Waals surface area contributed by atoms with E-state index in [4.69, 9.17) is 5.41 Å². The van der Waals surface area contributed by atoms with Gasteiger partial charge in [0.1, 0.15) is 0 Å². The molecule has 4 saturated carbocycles. The molecule has 30 heavy (non-hydrogen) atoms. The summed E-state index contributed by atoms with van der Waals surface area (Å²) in [7, 11) is 0. The largest absolute Gasteiger partial charge is 0.310 e. The van der Waals surface area contributed by atoms with Crippen LogP contribution >= 0.6 is 0 Å². The number of nitrogens with one attached hydrogen (secondary N) is 1.